The van der Waals surface area contributed by atoms with Crippen molar-refractivity contribution in [3.05, 3.63) is 99.6 Å². The second-order valence-electron chi connectivity index (χ2n) is 8.23. The highest BCUT2D eigenvalue weighted by atomic mass is 35.5. The molecule has 0 aliphatic carbocycles. The molecule has 0 spiro atoms. The average molecular weight is 560 g/mol. The second-order valence-corrected chi connectivity index (χ2v) is 9.07. The fraction of sp³-hybridized carbons (Fsp3) is 0.148. The van der Waals surface area contributed by atoms with Crippen molar-refractivity contribution in [1.29, 1.82) is 0 Å². The molecular formula is C27H18Cl2F3N3O3. The third kappa shape index (κ3) is 4.87. The van der Waals surface area contributed by atoms with Gasteiger partial charge in [0.1, 0.15) is 17.1 Å². The van der Waals surface area contributed by atoms with Crippen LogP contribution in [0.2, 0.25) is 10.0 Å². The molecule has 0 unspecified atom stereocenters. The summed E-state index contributed by atoms with van der Waals surface area (Å²) in [4.78, 5) is 21.8. The van der Waals surface area contributed by atoms with E-state index >= 15 is 0 Å². The summed E-state index contributed by atoms with van der Waals surface area (Å²) in [5.74, 6) is -1.02. The van der Waals surface area contributed by atoms with Crippen LogP contribution < -0.4 is 4.74 Å². The number of ether oxygens (including phenoxy) is 1. The van der Waals surface area contributed by atoms with E-state index in [-0.39, 0.29) is 40.7 Å². The SMILES string of the molecule is CCOc1ccc2c(c1)c(C(=O)c1cnc(-c3ccccn3)o1)c(C(F)(F)F)n2Cc1ccc(Cl)cc1Cl. The summed E-state index contributed by atoms with van der Waals surface area (Å²) in [6.45, 7) is 1.77. The summed E-state index contributed by atoms with van der Waals surface area (Å²) in [7, 11) is 0. The molecule has 6 nitrogen and oxygen atoms in total. The van der Waals surface area contributed by atoms with Gasteiger partial charge < -0.3 is 13.7 Å². The van der Waals surface area contributed by atoms with E-state index in [4.69, 9.17) is 32.4 Å². The Morgan fingerprint density at radius 3 is 2.58 bits per heavy atom. The number of fused-ring (bicyclic) bond motifs is 1. The molecule has 0 atom stereocenters. The van der Waals surface area contributed by atoms with Crippen LogP contribution in [0.15, 0.2) is 71.4 Å². The van der Waals surface area contributed by atoms with Crippen molar-refractivity contribution in [1.82, 2.24) is 14.5 Å². The molecule has 5 aromatic rings. The predicted octanol–water partition coefficient (Wildman–Crippen LogP) is 7.69. The molecule has 5 rings (SSSR count). The van der Waals surface area contributed by atoms with E-state index in [1.165, 1.54) is 30.5 Å². The molecule has 0 radical (unpaired) electrons. The molecule has 38 heavy (non-hydrogen) atoms. The highest BCUT2D eigenvalue weighted by Crippen LogP contribution is 2.41. The van der Waals surface area contributed by atoms with Crippen LogP contribution in [0, 0.1) is 0 Å². The Morgan fingerprint density at radius 1 is 1.08 bits per heavy atom. The van der Waals surface area contributed by atoms with Crippen molar-refractivity contribution in [3.63, 3.8) is 0 Å². The minimum atomic E-state index is -4.90. The fourth-order valence-electron chi connectivity index (χ4n) is 4.21. The van der Waals surface area contributed by atoms with E-state index in [0.29, 0.717) is 22.0 Å². The van der Waals surface area contributed by atoms with Gasteiger partial charge >= 0.3 is 6.18 Å². The molecule has 11 heteroatoms. The lowest BCUT2D eigenvalue weighted by atomic mass is 10.0. The van der Waals surface area contributed by atoms with E-state index in [9.17, 15) is 18.0 Å². The second kappa shape index (κ2) is 10.2. The van der Waals surface area contributed by atoms with Crippen LogP contribution in [0.25, 0.3) is 22.5 Å². The van der Waals surface area contributed by atoms with Gasteiger partial charge in [0, 0.05) is 33.7 Å². The summed E-state index contributed by atoms with van der Waals surface area (Å²) in [6.07, 6.45) is -2.30. The van der Waals surface area contributed by atoms with Crippen molar-refractivity contribution in [3.8, 4) is 17.3 Å². The Labute approximate surface area is 224 Å². The number of hydrogen-bond acceptors (Lipinski definition) is 5. The molecule has 0 saturated heterocycles. The molecular weight excluding hydrogens is 542 g/mol. The minimum absolute atomic E-state index is 0.00852. The molecule has 0 amide bonds. The van der Waals surface area contributed by atoms with Gasteiger partial charge in [-0.1, -0.05) is 35.3 Å². The number of carbonyl (C=O) groups excluding carboxylic acids is 1. The number of oxazole rings is 1. The first kappa shape index (κ1) is 25.8. The summed E-state index contributed by atoms with van der Waals surface area (Å²) in [5.41, 5.74) is -0.833. The lowest BCUT2D eigenvalue weighted by molar-refractivity contribution is -0.143. The average Bonchev–Trinajstić information content (AvgIpc) is 3.49. The molecule has 3 heterocycles. The zero-order valence-corrected chi connectivity index (χ0v) is 21.2. The van der Waals surface area contributed by atoms with Gasteiger partial charge in [-0.25, -0.2) is 4.98 Å². The summed E-state index contributed by atoms with van der Waals surface area (Å²) < 4.78 is 56.2. The van der Waals surface area contributed by atoms with Crippen LogP contribution >= 0.6 is 23.2 Å². The summed E-state index contributed by atoms with van der Waals surface area (Å²) in [6, 6.07) is 14.0. The van der Waals surface area contributed by atoms with Gasteiger partial charge in [-0.15, -0.1) is 0 Å². The van der Waals surface area contributed by atoms with E-state index in [1.54, 1.807) is 37.3 Å². The molecule has 0 aliphatic rings. The lowest BCUT2D eigenvalue weighted by Gasteiger charge is -2.15. The number of rotatable bonds is 7. The van der Waals surface area contributed by atoms with E-state index in [1.807, 2.05) is 0 Å². The van der Waals surface area contributed by atoms with Gasteiger partial charge in [-0.3, -0.25) is 9.78 Å². The highest BCUT2D eigenvalue weighted by molar-refractivity contribution is 6.35. The molecule has 0 aliphatic heterocycles. The topological polar surface area (TPSA) is 70.2 Å². The van der Waals surface area contributed by atoms with Gasteiger partial charge in [0.2, 0.25) is 11.7 Å². The number of benzene rings is 2. The molecule has 0 N–H and O–H groups in total. The first-order valence-corrected chi connectivity index (χ1v) is 12.1. The number of halogens is 5. The van der Waals surface area contributed by atoms with E-state index in [2.05, 4.69) is 9.97 Å². The van der Waals surface area contributed by atoms with Gasteiger partial charge in [-0.05, 0) is 55.0 Å². The maximum absolute atomic E-state index is 14.7. The van der Waals surface area contributed by atoms with Crippen molar-refractivity contribution in [2.24, 2.45) is 0 Å². The Hall–Kier alpha value is -3.82. The zero-order chi connectivity index (χ0) is 27.0. The standard InChI is InChI=1S/C27H18Cl2F3N3O3/c1-2-37-17-8-9-21-18(12-17)23(24(36)22-13-34-26(38-22)20-5-3-4-10-33-20)25(27(30,31)32)35(21)14-15-6-7-16(28)11-19(15)29/h3-13H,2,14H2,1H3. The van der Waals surface area contributed by atoms with Crippen molar-refractivity contribution in [2.75, 3.05) is 6.61 Å². The van der Waals surface area contributed by atoms with Crippen LogP contribution in [0.3, 0.4) is 0 Å². The third-order valence-corrected chi connectivity index (χ3v) is 6.39. The van der Waals surface area contributed by atoms with Crippen molar-refractivity contribution >= 4 is 39.9 Å². The van der Waals surface area contributed by atoms with Crippen LogP contribution in [-0.2, 0) is 12.7 Å². The van der Waals surface area contributed by atoms with Gasteiger partial charge in [0.25, 0.3) is 0 Å². The predicted molar refractivity (Wildman–Crippen MR) is 137 cm³/mol. The largest absolute Gasteiger partial charge is 0.494 e. The normalized spacial score (nSPS) is 11.7. The number of pyridine rings is 1. The van der Waals surface area contributed by atoms with Crippen LogP contribution in [0.1, 0.15) is 34.3 Å². The molecule has 194 valence electrons. The summed E-state index contributed by atoms with van der Waals surface area (Å²) in [5, 5.41) is 0.592. The number of ketones is 1. The van der Waals surface area contributed by atoms with Gasteiger partial charge in [0.15, 0.2) is 5.76 Å². The Balaban J connectivity index is 1.73. The van der Waals surface area contributed by atoms with Gasteiger partial charge in [0.05, 0.1) is 18.4 Å². The van der Waals surface area contributed by atoms with E-state index in [0.717, 1.165) is 10.8 Å². The maximum atomic E-state index is 14.7. The number of carbonyl (C=O) groups is 1. The number of hydrogen-bond donors (Lipinski definition) is 0. The molecule has 3 aromatic heterocycles. The smallest absolute Gasteiger partial charge is 0.432 e. The number of aromatic nitrogens is 3. The molecule has 0 saturated carbocycles. The van der Waals surface area contributed by atoms with Crippen LogP contribution in [0.5, 0.6) is 5.75 Å². The first-order valence-electron chi connectivity index (χ1n) is 11.4. The Bertz CT molecular complexity index is 1650. The molecule has 0 fully saturated rings. The monoisotopic (exact) mass is 559 g/mol. The maximum Gasteiger partial charge on any atom is 0.432 e. The van der Waals surface area contributed by atoms with Crippen molar-refractivity contribution in [2.45, 2.75) is 19.6 Å². The third-order valence-electron chi connectivity index (χ3n) is 5.80. The van der Waals surface area contributed by atoms with Gasteiger partial charge in [-0.2, -0.15) is 13.2 Å². The highest BCUT2D eigenvalue weighted by Gasteiger charge is 2.42. The quantitative estimate of drug-likeness (QED) is 0.191. The van der Waals surface area contributed by atoms with Crippen LogP contribution in [-0.4, -0.2) is 26.9 Å². The fourth-order valence-corrected chi connectivity index (χ4v) is 4.68. The summed E-state index contributed by atoms with van der Waals surface area (Å²) >= 11 is 12.3. The zero-order valence-electron chi connectivity index (χ0n) is 19.7. The lowest BCUT2D eigenvalue weighted by Crippen LogP contribution is -2.18. The first-order chi connectivity index (χ1) is 18.2. The number of alkyl halides is 3. The number of nitrogens with zero attached hydrogens (tertiary/aromatic N) is 3. The minimum Gasteiger partial charge on any atom is -0.494 e. The van der Waals surface area contributed by atoms with Crippen molar-refractivity contribution < 1.29 is 27.1 Å². The van der Waals surface area contributed by atoms with E-state index < -0.39 is 23.2 Å². The molecule has 2 aromatic carbocycles. The Kier molecular flexibility index (Phi) is 6.90. The molecule has 0 bridgehead atoms. The Morgan fingerprint density at radius 2 is 1.89 bits per heavy atom. The van der Waals surface area contributed by atoms with Crippen LogP contribution in [0.4, 0.5) is 13.2 Å².